The molecule has 2 heterocycles. The van der Waals surface area contributed by atoms with E-state index in [0.717, 1.165) is 27.5 Å². The van der Waals surface area contributed by atoms with Crippen molar-refractivity contribution in [2.45, 2.75) is 16.9 Å². The minimum absolute atomic E-state index is 0.00919. The van der Waals surface area contributed by atoms with E-state index >= 15 is 0 Å². The molecule has 28 heavy (non-hydrogen) atoms. The highest BCUT2D eigenvalue weighted by Crippen LogP contribution is 2.30. The van der Waals surface area contributed by atoms with E-state index in [1.807, 2.05) is 0 Å². The van der Waals surface area contributed by atoms with Gasteiger partial charge in [-0.3, -0.25) is 9.55 Å². The zero-order chi connectivity index (χ0) is 20.7. The molecule has 0 fully saturated rings. The highest BCUT2D eigenvalue weighted by atomic mass is 32.2. The summed E-state index contributed by atoms with van der Waals surface area (Å²) >= 11 is 0. The molecule has 0 saturated heterocycles. The highest BCUT2D eigenvalue weighted by Gasteiger charge is 2.46. The molecule has 1 aromatic carbocycles. The van der Waals surface area contributed by atoms with E-state index in [-0.39, 0.29) is 12.2 Å². The molecule has 3 aromatic rings. The smallest absolute Gasteiger partial charge is 0.493 e. The first-order valence-electron chi connectivity index (χ1n) is 7.63. The lowest BCUT2D eigenvalue weighted by Crippen LogP contribution is -2.24. The number of nitrogens with zero attached hydrogens (tertiary/aromatic N) is 3. The fraction of sp³-hybridized carbons (Fsp3) is 0.125. The summed E-state index contributed by atoms with van der Waals surface area (Å²) in [5.41, 5.74) is 0.531. The Balaban J connectivity index is 1.98. The summed E-state index contributed by atoms with van der Waals surface area (Å²) in [6, 6.07) is 4.99. The summed E-state index contributed by atoms with van der Waals surface area (Å²) < 4.78 is 62.6. The molecule has 0 spiro atoms. The largest absolute Gasteiger partial charge is 0.501 e. The van der Waals surface area contributed by atoms with Gasteiger partial charge in [0.25, 0.3) is 9.84 Å². The summed E-state index contributed by atoms with van der Waals surface area (Å²) in [6.07, 6.45) is 4.01. The first kappa shape index (κ1) is 19.5. The summed E-state index contributed by atoms with van der Waals surface area (Å²) in [4.78, 5) is 15.4. The number of anilines is 1. The van der Waals surface area contributed by atoms with Gasteiger partial charge in [-0.1, -0.05) is 0 Å². The van der Waals surface area contributed by atoms with Gasteiger partial charge in [0.1, 0.15) is 0 Å². The number of sulfone groups is 1. The number of benzene rings is 1. The highest BCUT2D eigenvalue weighted by molar-refractivity contribution is 7.92. The van der Waals surface area contributed by atoms with E-state index < -0.39 is 31.8 Å². The number of imidazole rings is 1. The maximum Gasteiger partial charge on any atom is 0.501 e. The van der Waals surface area contributed by atoms with Gasteiger partial charge >= 0.3 is 11.2 Å². The van der Waals surface area contributed by atoms with E-state index in [2.05, 4.69) is 4.98 Å². The van der Waals surface area contributed by atoms with Gasteiger partial charge in [0.15, 0.2) is 0 Å². The van der Waals surface area contributed by atoms with Crippen molar-refractivity contribution in [1.29, 1.82) is 0 Å². The number of alkyl halides is 3. The fourth-order valence-corrected chi connectivity index (χ4v) is 3.27. The van der Waals surface area contributed by atoms with Crippen molar-refractivity contribution in [3.8, 4) is 11.6 Å². The molecule has 0 bridgehead atoms. The van der Waals surface area contributed by atoms with E-state index in [4.69, 9.17) is 5.73 Å². The molecule has 0 unspecified atom stereocenters. The minimum Gasteiger partial charge on any atom is -0.493 e. The number of nitrogen functional groups attached to an aromatic ring is 1. The Labute approximate surface area is 156 Å². The first-order valence-corrected chi connectivity index (χ1v) is 9.12. The molecule has 0 aliphatic heterocycles. The van der Waals surface area contributed by atoms with Crippen LogP contribution in [-0.4, -0.2) is 33.2 Å². The van der Waals surface area contributed by atoms with Crippen LogP contribution in [0.3, 0.4) is 0 Å². The van der Waals surface area contributed by atoms with E-state index in [9.17, 15) is 31.5 Å². The van der Waals surface area contributed by atoms with Crippen LogP contribution in [0, 0.1) is 0 Å². The van der Waals surface area contributed by atoms with Crippen molar-refractivity contribution >= 4 is 15.5 Å². The van der Waals surface area contributed by atoms with Gasteiger partial charge in [-0.25, -0.2) is 17.8 Å². The quantitative estimate of drug-likeness (QED) is 0.670. The summed E-state index contributed by atoms with van der Waals surface area (Å²) in [7, 11) is -5.51. The average Bonchev–Trinajstić information content (AvgIpc) is 2.89. The lowest BCUT2D eigenvalue weighted by Gasteiger charge is -2.09. The zero-order valence-corrected chi connectivity index (χ0v) is 14.8. The predicted octanol–water partition coefficient (Wildman–Crippen LogP) is 1.66. The molecule has 3 N–H and O–H groups in total. The molecule has 0 saturated carbocycles. The Morgan fingerprint density at radius 3 is 2.36 bits per heavy atom. The van der Waals surface area contributed by atoms with Crippen LogP contribution >= 0.6 is 0 Å². The Hall–Kier alpha value is -3.28. The van der Waals surface area contributed by atoms with Crippen molar-refractivity contribution in [3.63, 3.8) is 0 Å². The first-order chi connectivity index (χ1) is 13.0. The molecule has 0 amide bonds. The number of aromatic hydroxyl groups is 1. The molecule has 0 aliphatic carbocycles. The molecule has 148 valence electrons. The maximum absolute atomic E-state index is 12.6. The average molecular weight is 414 g/mol. The van der Waals surface area contributed by atoms with Crippen molar-refractivity contribution in [1.82, 2.24) is 14.1 Å². The van der Waals surface area contributed by atoms with Crippen LogP contribution in [0.25, 0.3) is 5.69 Å². The lowest BCUT2D eigenvalue weighted by molar-refractivity contribution is -0.0436. The number of hydrogen-bond acceptors (Lipinski definition) is 6. The standard InChI is InChI=1S/C16H13F3N4O4S/c17-16(18,19)28(26,27)12-3-1-11(2-4-12)23-14(24)9-22(15(23)25)8-10-5-6-21-7-13(10)20/h1-7,9,24H,8,20H2. The molecular formula is C16H13F3N4O4S. The van der Waals surface area contributed by atoms with Gasteiger partial charge in [0, 0.05) is 6.20 Å². The molecule has 3 rings (SSSR count). The minimum atomic E-state index is -5.51. The molecule has 12 heteroatoms. The van der Waals surface area contributed by atoms with Gasteiger partial charge < -0.3 is 10.8 Å². The monoisotopic (exact) mass is 414 g/mol. The third-order valence-electron chi connectivity index (χ3n) is 3.93. The van der Waals surface area contributed by atoms with Crippen LogP contribution in [0.15, 0.2) is 58.6 Å². The van der Waals surface area contributed by atoms with Gasteiger partial charge in [-0.05, 0) is 35.9 Å². The van der Waals surface area contributed by atoms with E-state index in [0.29, 0.717) is 23.4 Å². The molecule has 8 nitrogen and oxygen atoms in total. The molecule has 0 radical (unpaired) electrons. The van der Waals surface area contributed by atoms with Crippen molar-refractivity contribution < 1.29 is 26.7 Å². The third kappa shape index (κ3) is 3.33. The van der Waals surface area contributed by atoms with E-state index in [1.165, 1.54) is 12.4 Å². The number of aromatic nitrogens is 3. The van der Waals surface area contributed by atoms with Gasteiger partial charge in [-0.15, -0.1) is 0 Å². The normalized spacial score (nSPS) is 12.2. The van der Waals surface area contributed by atoms with Crippen LogP contribution in [0.1, 0.15) is 5.56 Å². The van der Waals surface area contributed by atoms with Gasteiger partial charge in [0.05, 0.1) is 35.2 Å². The third-order valence-corrected chi connectivity index (χ3v) is 5.44. The number of halogens is 3. The zero-order valence-electron chi connectivity index (χ0n) is 14.0. The number of rotatable bonds is 4. The topological polar surface area (TPSA) is 120 Å². The van der Waals surface area contributed by atoms with Crippen molar-refractivity contribution in [3.05, 3.63) is 65.0 Å². The summed E-state index contributed by atoms with van der Waals surface area (Å²) in [5, 5.41) is 10.1. The maximum atomic E-state index is 12.6. The second-order valence-corrected chi connectivity index (χ2v) is 7.69. The second-order valence-electron chi connectivity index (χ2n) is 5.75. The number of nitrogens with two attached hydrogens (primary N) is 1. The number of pyridine rings is 1. The second kappa shape index (κ2) is 6.71. The summed E-state index contributed by atoms with van der Waals surface area (Å²) in [5.74, 6) is -0.482. The van der Waals surface area contributed by atoms with E-state index in [1.54, 1.807) is 6.07 Å². The number of hydrogen-bond donors (Lipinski definition) is 2. The van der Waals surface area contributed by atoms with Crippen LogP contribution < -0.4 is 11.4 Å². The summed E-state index contributed by atoms with van der Waals surface area (Å²) in [6.45, 7) is 0.0221. The Kier molecular flexibility index (Phi) is 4.67. The lowest BCUT2D eigenvalue weighted by atomic mass is 10.2. The van der Waals surface area contributed by atoms with Gasteiger partial charge in [-0.2, -0.15) is 13.2 Å². The Bertz CT molecular complexity index is 1180. The Morgan fingerprint density at radius 1 is 1.14 bits per heavy atom. The predicted molar refractivity (Wildman–Crippen MR) is 92.7 cm³/mol. The Morgan fingerprint density at radius 2 is 1.79 bits per heavy atom. The fourth-order valence-electron chi connectivity index (χ4n) is 2.51. The van der Waals surface area contributed by atoms with Gasteiger partial charge in [0.2, 0.25) is 5.88 Å². The van der Waals surface area contributed by atoms with Crippen LogP contribution in [0.2, 0.25) is 0 Å². The van der Waals surface area contributed by atoms with Crippen LogP contribution in [0.5, 0.6) is 5.88 Å². The molecular weight excluding hydrogens is 401 g/mol. The molecule has 2 aromatic heterocycles. The van der Waals surface area contributed by atoms with Crippen molar-refractivity contribution in [2.75, 3.05) is 5.73 Å². The van der Waals surface area contributed by atoms with Crippen LogP contribution in [-0.2, 0) is 16.4 Å². The molecule has 0 atom stereocenters. The molecule has 0 aliphatic rings. The van der Waals surface area contributed by atoms with Crippen LogP contribution in [0.4, 0.5) is 18.9 Å². The SMILES string of the molecule is Nc1cnccc1Cn1cc(O)n(-c2ccc(S(=O)(=O)C(F)(F)F)cc2)c1=O. The van der Waals surface area contributed by atoms with Crippen molar-refractivity contribution in [2.24, 2.45) is 0 Å².